The Labute approximate surface area is 82.8 Å². The van der Waals surface area contributed by atoms with Gasteiger partial charge in [0.15, 0.2) is 0 Å². The summed E-state index contributed by atoms with van der Waals surface area (Å²) in [4.78, 5) is 8.44. The molecule has 0 saturated carbocycles. The topological polar surface area (TPSA) is 56.7 Å². The summed E-state index contributed by atoms with van der Waals surface area (Å²) < 4.78 is 2.17. The first-order chi connectivity index (χ1) is 6.72. The van der Waals surface area contributed by atoms with Crippen LogP contribution in [0.2, 0.25) is 0 Å². The number of fused-ring (bicyclic) bond motifs is 1. The molecular formula is C10H14N4. The second-order valence-electron chi connectivity index (χ2n) is 3.41. The van der Waals surface area contributed by atoms with Crippen molar-refractivity contribution in [1.29, 1.82) is 0 Å². The van der Waals surface area contributed by atoms with Crippen LogP contribution in [0, 0.1) is 6.92 Å². The van der Waals surface area contributed by atoms with Gasteiger partial charge >= 0.3 is 0 Å². The Hall–Kier alpha value is -1.58. The van der Waals surface area contributed by atoms with Crippen molar-refractivity contribution in [2.24, 2.45) is 0 Å². The number of aryl methyl sites for hydroxylation is 2. The van der Waals surface area contributed by atoms with Gasteiger partial charge in [0.05, 0.1) is 11.7 Å². The molecule has 0 amide bonds. The van der Waals surface area contributed by atoms with Gasteiger partial charge in [-0.1, -0.05) is 6.92 Å². The van der Waals surface area contributed by atoms with E-state index in [1.165, 1.54) is 0 Å². The Bertz CT molecular complexity index is 458. The summed E-state index contributed by atoms with van der Waals surface area (Å²) in [5.41, 5.74) is 7.65. The number of rotatable bonds is 2. The summed E-state index contributed by atoms with van der Waals surface area (Å²) in [6, 6.07) is 1.88. The number of hydrogen-bond acceptors (Lipinski definition) is 3. The Morgan fingerprint density at radius 1 is 1.50 bits per heavy atom. The molecule has 2 aromatic rings. The van der Waals surface area contributed by atoms with Crippen LogP contribution in [0.25, 0.3) is 11.0 Å². The van der Waals surface area contributed by atoms with Crippen molar-refractivity contribution in [1.82, 2.24) is 14.5 Å². The predicted octanol–water partition coefficient (Wildman–Crippen LogP) is 1.73. The molecule has 0 fully saturated rings. The highest BCUT2D eigenvalue weighted by Gasteiger charge is 2.06. The molecule has 0 aromatic carbocycles. The van der Waals surface area contributed by atoms with Crippen LogP contribution < -0.4 is 5.73 Å². The number of nitrogens with zero attached hydrogens (tertiary/aromatic N) is 3. The monoisotopic (exact) mass is 190 g/mol. The summed E-state index contributed by atoms with van der Waals surface area (Å²) in [6.07, 6.45) is 2.82. The van der Waals surface area contributed by atoms with Crippen LogP contribution in [0.5, 0.6) is 0 Å². The largest absolute Gasteiger partial charge is 0.384 e. The first-order valence-corrected chi connectivity index (χ1v) is 4.80. The van der Waals surface area contributed by atoms with E-state index in [1.807, 2.05) is 13.0 Å². The van der Waals surface area contributed by atoms with Crippen LogP contribution in [-0.2, 0) is 6.54 Å². The second kappa shape index (κ2) is 3.29. The molecule has 2 heterocycles. The number of aromatic nitrogens is 3. The van der Waals surface area contributed by atoms with Gasteiger partial charge in [0.1, 0.15) is 17.2 Å². The highest BCUT2D eigenvalue weighted by Crippen LogP contribution is 2.17. The lowest BCUT2D eigenvalue weighted by atomic mass is 10.3. The van der Waals surface area contributed by atoms with Crippen molar-refractivity contribution in [3.8, 4) is 0 Å². The lowest BCUT2D eigenvalue weighted by Crippen LogP contribution is -1.99. The number of nitrogens with two attached hydrogens (primary N) is 1. The third-order valence-corrected chi connectivity index (χ3v) is 2.29. The quantitative estimate of drug-likeness (QED) is 0.784. The zero-order valence-electron chi connectivity index (χ0n) is 8.49. The van der Waals surface area contributed by atoms with E-state index >= 15 is 0 Å². The third kappa shape index (κ3) is 1.32. The average molecular weight is 190 g/mol. The van der Waals surface area contributed by atoms with Gasteiger partial charge < -0.3 is 10.3 Å². The normalized spacial score (nSPS) is 11.0. The molecule has 0 aliphatic rings. The number of imidazole rings is 1. The van der Waals surface area contributed by atoms with E-state index in [9.17, 15) is 0 Å². The first kappa shape index (κ1) is 8.99. The molecule has 0 atom stereocenters. The average Bonchev–Trinajstić information content (AvgIpc) is 2.45. The van der Waals surface area contributed by atoms with Crippen molar-refractivity contribution in [3.63, 3.8) is 0 Å². The molecule has 0 aliphatic heterocycles. The molecule has 2 rings (SSSR count). The minimum absolute atomic E-state index is 0.551. The van der Waals surface area contributed by atoms with Crippen molar-refractivity contribution in [2.75, 3.05) is 5.73 Å². The molecule has 4 heteroatoms. The van der Waals surface area contributed by atoms with Crippen LogP contribution in [0.1, 0.15) is 19.2 Å². The van der Waals surface area contributed by atoms with Crippen LogP contribution >= 0.6 is 0 Å². The maximum absolute atomic E-state index is 5.65. The summed E-state index contributed by atoms with van der Waals surface area (Å²) in [5, 5.41) is 0. The standard InChI is InChI=1S/C10H14N4/c1-3-4-14-7(2)13-8-6-12-10(11)5-9(8)14/h5-6H,3-4H2,1-2H3,(H2,11,12). The highest BCUT2D eigenvalue weighted by atomic mass is 15.1. The molecule has 74 valence electrons. The van der Waals surface area contributed by atoms with Crippen LogP contribution in [0.4, 0.5) is 5.82 Å². The van der Waals surface area contributed by atoms with E-state index in [-0.39, 0.29) is 0 Å². The summed E-state index contributed by atoms with van der Waals surface area (Å²) >= 11 is 0. The van der Waals surface area contributed by atoms with E-state index in [4.69, 9.17) is 5.73 Å². The molecule has 0 saturated heterocycles. The van der Waals surface area contributed by atoms with Crippen molar-refractivity contribution >= 4 is 16.9 Å². The van der Waals surface area contributed by atoms with Gasteiger partial charge in [-0.25, -0.2) is 9.97 Å². The van der Waals surface area contributed by atoms with Gasteiger partial charge in [0, 0.05) is 12.6 Å². The molecule has 2 N–H and O–H groups in total. The Kier molecular flexibility index (Phi) is 2.11. The van der Waals surface area contributed by atoms with Gasteiger partial charge in [0.25, 0.3) is 0 Å². The van der Waals surface area contributed by atoms with E-state index in [2.05, 4.69) is 21.5 Å². The summed E-state index contributed by atoms with van der Waals surface area (Å²) in [6.45, 7) is 5.13. The van der Waals surface area contributed by atoms with Crippen LogP contribution in [0.3, 0.4) is 0 Å². The number of hydrogen-bond donors (Lipinski definition) is 1. The zero-order valence-corrected chi connectivity index (χ0v) is 8.49. The lowest BCUT2D eigenvalue weighted by molar-refractivity contribution is 0.676. The van der Waals surface area contributed by atoms with E-state index in [1.54, 1.807) is 6.20 Å². The van der Waals surface area contributed by atoms with Gasteiger partial charge in [-0.15, -0.1) is 0 Å². The Balaban J connectivity index is 2.66. The molecule has 0 unspecified atom stereocenters. The van der Waals surface area contributed by atoms with E-state index in [0.717, 1.165) is 29.8 Å². The van der Waals surface area contributed by atoms with Gasteiger partial charge in [-0.3, -0.25) is 0 Å². The SMILES string of the molecule is CCCn1c(C)nc2cnc(N)cc21. The van der Waals surface area contributed by atoms with Crippen molar-refractivity contribution < 1.29 is 0 Å². The fourth-order valence-corrected chi connectivity index (χ4v) is 1.67. The fraction of sp³-hybridized carbons (Fsp3) is 0.400. The van der Waals surface area contributed by atoms with Crippen LogP contribution in [0.15, 0.2) is 12.3 Å². The maximum Gasteiger partial charge on any atom is 0.125 e. The molecule has 0 radical (unpaired) electrons. The van der Waals surface area contributed by atoms with E-state index in [0.29, 0.717) is 5.82 Å². The first-order valence-electron chi connectivity index (χ1n) is 4.80. The molecule has 0 bridgehead atoms. The molecule has 4 nitrogen and oxygen atoms in total. The summed E-state index contributed by atoms with van der Waals surface area (Å²) in [5.74, 6) is 1.57. The van der Waals surface area contributed by atoms with Gasteiger partial charge in [-0.2, -0.15) is 0 Å². The van der Waals surface area contributed by atoms with Crippen LogP contribution in [-0.4, -0.2) is 14.5 Å². The Morgan fingerprint density at radius 2 is 2.29 bits per heavy atom. The number of pyridine rings is 1. The van der Waals surface area contributed by atoms with Crippen molar-refractivity contribution in [2.45, 2.75) is 26.8 Å². The lowest BCUT2D eigenvalue weighted by Gasteiger charge is -2.03. The molecule has 2 aromatic heterocycles. The molecule has 0 aliphatic carbocycles. The third-order valence-electron chi connectivity index (χ3n) is 2.29. The van der Waals surface area contributed by atoms with Gasteiger partial charge in [0.2, 0.25) is 0 Å². The second-order valence-corrected chi connectivity index (χ2v) is 3.41. The molecular weight excluding hydrogens is 176 g/mol. The molecule has 0 spiro atoms. The smallest absolute Gasteiger partial charge is 0.125 e. The number of anilines is 1. The molecule has 14 heavy (non-hydrogen) atoms. The zero-order chi connectivity index (χ0) is 10.1. The summed E-state index contributed by atoms with van der Waals surface area (Å²) in [7, 11) is 0. The minimum Gasteiger partial charge on any atom is -0.384 e. The predicted molar refractivity (Wildman–Crippen MR) is 57.0 cm³/mol. The van der Waals surface area contributed by atoms with Gasteiger partial charge in [-0.05, 0) is 13.3 Å². The Morgan fingerprint density at radius 3 is 3.00 bits per heavy atom. The van der Waals surface area contributed by atoms with E-state index < -0.39 is 0 Å². The minimum atomic E-state index is 0.551. The highest BCUT2D eigenvalue weighted by molar-refractivity contribution is 5.77. The fourth-order valence-electron chi connectivity index (χ4n) is 1.67. The number of nitrogen functional groups attached to an aromatic ring is 1. The maximum atomic E-state index is 5.65. The van der Waals surface area contributed by atoms with Crippen molar-refractivity contribution in [3.05, 3.63) is 18.1 Å².